The van der Waals surface area contributed by atoms with Crippen LogP contribution in [-0.2, 0) is 24.1 Å². The fraction of sp³-hybridized carbons (Fsp3) is 0.160. The van der Waals surface area contributed by atoms with Crippen LogP contribution in [0.3, 0.4) is 0 Å². The largest absolute Gasteiger partial charge is 0.342 e. The second-order valence-electron chi connectivity index (χ2n) is 7.65. The third kappa shape index (κ3) is 4.48. The van der Waals surface area contributed by atoms with Crippen LogP contribution < -0.4 is 5.32 Å². The fourth-order valence-electron chi connectivity index (χ4n) is 3.72. The van der Waals surface area contributed by atoms with Crippen molar-refractivity contribution < 1.29 is 4.79 Å². The first-order valence-electron chi connectivity index (χ1n) is 10.5. The van der Waals surface area contributed by atoms with Crippen molar-refractivity contribution >= 4 is 33.7 Å². The Bertz CT molecular complexity index is 1270. The summed E-state index contributed by atoms with van der Waals surface area (Å²) in [5.41, 5.74) is 6.01. The number of nitrogens with one attached hydrogen (secondary N) is 3. The number of rotatable bonds is 7. The maximum Gasteiger partial charge on any atom is 0.224 e. The second-order valence-corrected chi connectivity index (χ2v) is 7.65. The molecule has 0 radical (unpaired) electrons. The van der Waals surface area contributed by atoms with Crippen molar-refractivity contribution in [2.75, 3.05) is 5.32 Å². The van der Waals surface area contributed by atoms with Crippen molar-refractivity contribution in [3.63, 3.8) is 0 Å². The number of carbonyl (C=O) groups is 1. The third-order valence-electron chi connectivity index (χ3n) is 5.35. The van der Waals surface area contributed by atoms with Gasteiger partial charge in [-0.25, -0.2) is 9.97 Å². The Kier molecular flexibility index (Phi) is 5.19. The summed E-state index contributed by atoms with van der Waals surface area (Å²) in [6, 6.07) is 23.9. The molecule has 0 aliphatic heterocycles. The van der Waals surface area contributed by atoms with Crippen LogP contribution in [-0.4, -0.2) is 25.8 Å². The molecule has 154 valence electrons. The lowest BCUT2D eigenvalue weighted by atomic mass is 10.1. The summed E-state index contributed by atoms with van der Waals surface area (Å²) in [7, 11) is 0. The van der Waals surface area contributed by atoms with Gasteiger partial charge in [0.15, 0.2) is 0 Å². The van der Waals surface area contributed by atoms with E-state index in [2.05, 4.69) is 37.4 Å². The second kappa shape index (κ2) is 8.44. The van der Waals surface area contributed by atoms with Crippen LogP contribution in [0.25, 0.3) is 22.1 Å². The first-order valence-corrected chi connectivity index (χ1v) is 10.5. The minimum absolute atomic E-state index is 0.0181. The summed E-state index contributed by atoms with van der Waals surface area (Å²) >= 11 is 0. The zero-order valence-corrected chi connectivity index (χ0v) is 17.1. The van der Waals surface area contributed by atoms with Gasteiger partial charge in [0.25, 0.3) is 0 Å². The highest BCUT2D eigenvalue weighted by Crippen LogP contribution is 2.15. The number of para-hydroxylation sites is 4. The number of hydrogen-bond donors (Lipinski definition) is 3. The molecule has 0 atom stereocenters. The molecule has 0 aliphatic rings. The van der Waals surface area contributed by atoms with Crippen molar-refractivity contribution in [3.05, 3.63) is 90.0 Å². The minimum atomic E-state index is -0.0181. The molecule has 5 rings (SSSR count). The Hall–Kier alpha value is -3.93. The average Bonchev–Trinajstić information content (AvgIpc) is 3.40. The molecular weight excluding hydrogens is 386 g/mol. The van der Waals surface area contributed by atoms with E-state index in [9.17, 15) is 4.79 Å². The number of benzene rings is 3. The standard InChI is InChI=1S/C25H23N5O/c31-25(16-15-24-29-21-7-3-4-8-22(21)30-24)26-18-12-9-17(10-13-18)11-14-23-27-19-5-1-2-6-20(19)28-23/h1-10,12-13H,11,14-16H2,(H,26,31)(H,27,28)(H,29,30). The number of aromatic nitrogens is 4. The Morgan fingerprint density at radius 1 is 0.710 bits per heavy atom. The Morgan fingerprint density at radius 2 is 1.29 bits per heavy atom. The maximum atomic E-state index is 12.3. The van der Waals surface area contributed by atoms with E-state index in [1.165, 1.54) is 5.56 Å². The van der Waals surface area contributed by atoms with Gasteiger partial charge in [-0.3, -0.25) is 4.79 Å². The minimum Gasteiger partial charge on any atom is -0.342 e. The average molecular weight is 409 g/mol. The number of amides is 1. The summed E-state index contributed by atoms with van der Waals surface area (Å²) in [5.74, 6) is 1.80. The number of imidazole rings is 2. The number of hydrogen-bond acceptors (Lipinski definition) is 3. The molecule has 6 heteroatoms. The van der Waals surface area contributed by atoms with E-state index < -0.39 is 0 Å². The number of fused-ring (bicyclic) bond motifs is 2. The van der Waals surface area contributed by atoms with E-state index in [0.29, 0.717) is 12.8 Å². The molecule has 0 saturated heterocycles. The highest BCUT2D eigenvalue weighted by molar-refractivity contribution is 5.90. The summed E-state index contributed by atoms with van der Waals surface area (Å²) in [5, 5.41) is 2.97. The van der Waals surface area contributed by atoms with Gasteiger partial charge in [0.2, 0.25) is 5.91 Å². The van der Waals surface area contributed by atoms with Gasteiger partial charge in [0.05, 0.1) is 22.1 Å². The van der Waals surface area contributed by atoms with Crippen LogP contribution in [0.15, 0.2) is 72.8 Å². The number of carbonyl (C=O) groups excluding carboxylic acids is 1. The van der Waals surface area contributed by atoms with Crippen molar-refractivity contribution in [2.45, 2.75) is 25.7 Å². The van der Waals surface area contributed by atoms with E-state index in [-0.39, 0.29) is 5.91 Å². The molecule has 0 bridgehead atoms. The molecule has 3 aromatic carbocycles. The first-order chi connectivity index (χ1) is 15.2. The predicted molar refractivity (Wildman–Crippen MR) is 123 cm³/mol. The van der Waals surface area contributed by atoms with Gasteiger partial charge in [0.1, 0.15) is 11.6 Å². The molecular formula is C25H23N5O. The zero-order chi connectivity index (χ0) is 21.0. The van der Waals surface area contributed by atoms with E-state index in [1.807, 2.05) is 60.7 Å². The lowest BCUT2D eigenvalue weighted by Gasteiger charge is -2.06. The Labute approximate surface area is 179 Å². The third-order valence-corrected chi connectivity index (χ3v) is 5.35. The number of aromatic amines is 2. The van der Waals surface area contributed by atoms with Gasteiger partial charge >= 0.3 is 0 Å². The van der Waals surface area contributed by atoms with Gasteiger partial charge in [-0.05, 0) is 48.4 Å². The van der Waals surface area contributed by atoms with Gasteiger partial charge < -0.3 is 15.3 Å². The number of H-pyrrole nitrogens is 2. The van der Waals surface area contributed by atoms with Crippen LogP contribution in [0, 0.1) is 0 Å². The van der Waals surface area contributed by atoms with E-state index in [1.54, 1.807) is 0 Å². The molecule has 2 heterocycles. The molecule has 0 fully saturated rings. The van der Waals surface area contributed by atoms with Gasteiger partial charge in [-0.2, -0.15) is 0 Å². The fourth-order valence-corrected chi connectivity index (χ4v) is 3.72. The van der Waals surface area contributed by atoms with Gasteiger partial charge in [-0.15, -0.1) is 0 Å². The summed E-state index contributed by atoms with van der Waals surface area (Å²) in [6.45, 7) is 0. The quantitative estimate of drug-likeness (QED) is 0.361. The normalized spacial score (nSPS) is 11.2. The van der Waals surface area contributed by atoms with Crippen molar-refractivity contribution in [1.29, 1.82) is 0 Å². The monoisotopic (exact) mass is 409 g/mol. The number of anilines is 1. The zero-order valence-electron chi connectivity index (χ0n) is 17.1. The summed E-state index contributed by atoms with van der Waals surface area (Å²) in [4.78, 5) is 28.1. The molecule has 0 unspecified atom stereocenters. The van der Waals surface area contributed by atoms with Crippen LogP contribution in [0.2, 0.25) is 0 Å². The predicted octanol–water partition coefficient (Wildman–Crippen LogP) is 4.80. The van der Waals surface area contributed by atoms with E-state index in [0.717, 1.165) is 52.2 Å². The number of nitrogens with zero attached hydrogens (tertiary/aromatic N) is 2. The molecule has 0 spiro atoms. The van der Waals surface area contributed by atoms with Crippen LogP contribution in [0.5, 0.6) is 0 Å². The lowest BCUT2D eigenvalue weighted by molar-refractivity contribution is -0.116. The van der Waals surface area contributed by atoms with E-state index >= 15 is 0 Å². The van der Waals surface area contributed by atoms with Crippen molar-refractivity contribution in [1.82, 2.24) is 19.9 Å². The summed E-state index contributed by atoms with van der Waals surface area (Å²) < 4.78 is 0. The SMILES string of the molecule is O=C(CCc1nc2ccccc2[nH]1)Nc1ccc(CCc2nc3ccccc3[nH]2)cc1. The topological polar surface area (TPSA) is 86.5 Å². The molecule has 1 amide bonds. The van der Waals surface area contributed by atoms with Gasteiger partial charge in [0, 0.05) is 24.9 Å². The highest BCUT2D eigenvalue weighted by atomic mass is 16.1. The molecule has 6 nitrogen and oxygen atoms in total. The molecule has 31 heavy (non-hydrogen) atoms. The van der Waals surface area contributed by atoms with Crippen LogP contribution in [0.1, 0.15) is 23.6 Å². The first kappa shape index (κ1) is 19.1. The molecule has 0 aliphatic carbocycles. The Balaban J connectivity index is 1.12. The summed E-state index contributed by atoms with van der Waals surface area (Å²) in [6.07, 6.45) is 2.70. The highest BCUT2D eigenvalue weighted by Gasteiger charge is 2.07. The smallest absolute Gasteiger partial charge is 0.224 e. The van der Waals surface area contributed by atoms with E-state index in [4.69, 9.17) is 0 Å². The maximum absolute atomic E-state index is 12.3. The Morgan fingerprint density at radius 3 is 1.90 bits per heavy atom. The lowest BCUT2D eigenvalue weighted by Crippen LogP contribution is -2.12. The van der Waals surface area contributed by atoms with Gasteiger partial charge in [-0.1, -0.05) is 36.4 Å². The molecule has 3 N–H and O–H groups in total. The molecule has 0 saturated carbocycles. The number of aryl methyl sites for hydroxylation is 3. The van der Waals surface area contributed by atoms with Crippen LogP contribution in [0.4, 0.5) is 5.69 Å². The molecule has 2 aromatic heterocycles. The van der Waals surface area contributed by atoms with Crippen molar-refractivity contribution in [2.24, 2.45) is 0 Å². The van der Waals surface area contributed by atoms with Crippen LogP contribution >= 0.6 is 0 Å². The van der Waals surface area contributed by atoms with Crippen molar-refractivity contribution in [3.8, 4) is 0 Å². The molecule has 5 aromatic rings.